The van der Waals surface area contributed by atoms with Gasteiger partial charge in [0.25, 0.3) is 0 Å². The van der Waals surface area contributed by atoms with Gasteiger partial charge in [-0.2, -0.15) is 0 Å². The maximum absolute atomic E-state index is 10.5. The number of carbonyl (C=O) groups is 1. The highest BCUT2D eigenvalue weighted by atomic mass is 16.6. The van der Waals surface area contributed by atoms with Crippen LogP contribution in [0.2, 0.25) is 0 Å². The normalized spacial score (nSPS) is 45.1. The van der Waals surface area contributed by atoms with Crippen LogP contribution >= 0.6 is 0 Å². The van der Waals surface area contributed by atoms with Crippen molar-refractivity contribution in [3.63, 3.8) is 0 Å². The molecule has 0 aromatic rings. The number of carboxylic acids is 1. The second-order valence-electron chi connectivity index (χ2n) is 4.05. The van der Waals surface area contributed by atoms with E-state index in [1.807, 2.05) is 0 Å². The zero-order chi connectivity index (χ0) is 8.72. The largest absolute Gasteiger partial charge is 0.481 e. The van der Waals surface area contributed by atoms with Crippen LogP contribution in [0.4, 0.5) is 0 Å². The molecule has 1 heterocycles. The summed E-state index contributed by atoms with van der Waals surface area (Å²) in [7, 11) is 0. The topological polar surface area (TPSA) is 49.8 Å². The molecular formula is C9H14O3. The van der Waals surface area contributed by atoms with E-state index in [1.54, 1.807) is 0 Å². The fourth-order valence-corrected chi connectivity index (χ4v) is 2.34. The van der Waals surface area contributed by atoms with Crippen LogP contribution in [0.5, 0.6) is 0 Å². The van der Waals surface area contributed by atoms with Crippen molar-refractivity contribution < 1.29 is 14.6 Å². The van der Waals surface area contributed by atoms with E-state index < -0.39 is 5.97 Å². The highest BCUT2D eigenvalue weighted by molar-refractivity contribution is 5.67. The summed E-state index contributed by atoms with van der Waals surface area (Å²) in [5, 5.41) is 8.61. The van der Waals surface area contributed by atoms with E-state index >= 15 is 0 Å². The molecular weight excluding hydrogens is 156 g/mol. The van der Waals surface area contributed by atoms with E-state index in [-0.39, 0.29) is 0 Å². The molecule has 0 spiro atoms. The Kier molecular flexibility index (Phi) is 1.83. The lowest BCUT2D eigenvalue weighted by atomic mass is 9.81. The van der Waals surface area contributed by atoms with E-state index in [2.05, 4.69) is 6.92 Å². The van der Waals surface area contributed by atoms with Crippen LogP contribution in [0.25, 0.3) is 0 Å². The first kappa shape index (κ1) is 8.05. The highest BCUT2D eigenvalue weighted by Gasteiger charge is 2.48. The van der Waals surface area contributed by atoms with Gasteiger partial charge in [-0.1, -0.05) is 6.92 Å². The van der Waals surface area contributed by atoms with Crippen molar-refractivity contribution in [2.45, 2.75) is 38.4 Å². The van der Waals surface area contributed by atoms with Crippen molar-refractivity contribution in [3.8, 4) is 0 Å². The van der Waals surface area contributed by atoms with Gasteiger partial charge in [0.1, 0.15) is 0 Å². The van der Waals surface area contributed by atoms with Gasteiger partial charge in [-0.3, -0.25) is 4.79 Å². The van der Waals surface area contributed by atoms with Crippen LogP contribution < -0.4 is 0 Å². The minimum absolute atomic E-state index is 0.316. The van der Waals surface area contributed by atoms with Gasteiger partial charge in [-0.05, 0) is 24.7 Å². The summed E-state index contributed by atoms with van der Waals surface area (Å²) >= 11 is 0. The Morgan fingerprint density at radius 1 is 1.58 bits per heavy atom. The third kappa shape index (κ3) is 1.46. The minimum atomic E-state index is -0.675. The molecule has 1 aliphatic heterocycles. The Labute approximate surface area is 71.7 Å². The third-order valence-corrected chi connectivity index (χ3v) is 2.92. The van der Waals surface area contributed by atoms with Crippen molar-refractivity contribution in [3.05, 3.63) is 0 Å². The first-order valence-corrected chi connectivity index (χ1v) is 4.54. The summed E-state index contributed by atoms with van der Waals surface area (Å²) in [4.78, 5) is 10.5. The van der Waals surface area contributed by atoms with E-state index in [1.165, 1.54) is 0 Å². The monoisotopic (exact) mass is 170 g/mol. The van der Waals surface area contributed by atoms with E-state index in [0.717, 1.165) is 12.8 Å². The van der Waals surface area contributed by atoms with Gasteiger partial charge in [-0.15, -0.1) is 0 Å². The molecule has 2 fully saturated rings. The number of hydrogen-bond donors (Lipinski definition) is 1. The van der Waals surface area contributed by atoms with E-state index in [4.69, 9.17) is 9.84 Å². The van der Waals surface area contributed by atoms with Gasteiger partial charge in [0.15, 0.2) is 0 Å². The molecule has 2 aliphatic rings. The Morgan fingerprint density at radius 2 is 2.33 bits per heavy atom. The van der Waals surface area contributed by atoms with Gasteiger partial charge in [0.05, 0.1) is 12.2 Å². The maximum atomic E-state index is 10.5. The second kappa shape index (κ2) is 2.73. The Balaban J connectivity index is 1.88. The van der Waals surface area contributed by atoms with Gasteiger partial charge < -0.3 is 9.84 Å². The van der Waals surface area contributed by atoms with Gasteiger partial charge in [0, 0.05) is 6.42 Å². The molecule has 1 aliphatic carbocycles. The molecule has 0 aromatic heterocycles. The average Bonchev–Trinajstić information content (AvgIpc) is 2.64. The molecule has 3 nitrogen and oxygen atoms in total. The Hall–Kier alpha value is -0.570. The fourth-order valence-electron chi connectivity index (χ4n) is 2.34. The number of rotatable bonds is 2. The maximum Gasteiger partial charge on any atom is 0.303 e. The molecule has 4 unspecified atom stereocenters. The summed E-state index contributed by atoms with van der Waals surface area (Å²) < 4.78 is 5.41. The first-order chi connectivity index (χ1) is 5.66. The molecule has 0 aromatic carbocycles. The molecule has 2 rings (SSSR count). The molecule has 1 N–H and O–H groups in total. The summed E-state index contributed by atoms with van der Waals surface area (Å²) in [5.74, 6) is 0.237. The average molecular weight is 170 g/mol. The van der Waals surface area contributed by atoms with Gasteiger partial charge >= 0.3 is 5.97 Å². The summed E-state index contributed by atoms with van der Waals surface area (Å²) in [5.41, 5.74) is 0. The first-order valence-electron chi connectivity index (χ1n) is 4.54. The predicted octanol–water partition coefficient (Wildman–Crippen LogP) is 1.27. The summed E-state index contributed by atoms with van der Waals surface area (Å²) in [6.45, 7) is 2.15. The van der Waals surface area contributed by atoms with Crippen LogP contribution in [0, 0.1) is 11.8 Å². The second-order valence-corrected chi connectivity index (χ2v) is 4.05. The number of carboxylic acid groups (broad SMARTS) is 1. The van der Waals surface area contributed by atoms with Crippen LogP contribution in [0.3, 0.4) is 0 Å². The quantitative estimate of drug-likeness (QED) is 0.635. The molecule has 4 atom stereocenters. The van der Waals surface area contributed by atoms with Crippen molar-refractivity contribution in [1.82, 2.24) is 0 Å². The van der Waals surface area contributed by atoms with Crippen LogP contribution in [-0.2, 0) is 9.53 Å². The van der Waals surface area contributed by atoms with E-state index in [9.17, 15) is 4.79 Å². The molecule has 0 amide bonds. The molecule has 1 saturated heterocycles. The molecule has 1 saturated carbocycles. The lowest BCUT2D eigenvalue weighted by Crippen LogP contribution is -2.22. The predicted molar refractivity (Wildman–Crippen MR) is 42.8 cm³/mol. The Bertz CT molecular complexity index is 202. The molecule has 0 bridgehead atoms. The standard InChI is InChI=1S/C9H14O3/c1-5-2-6(4-8(10)11)3-7-9(5)12-7/h5-7,9H,2-4H2,1H3,(H,10,11). The lowest BCUT2D eigenvalue weighted by Gasteiger charge is -2.21. The number of ether oxygens (including phenoxy) is 1. The molecule has 68 valence electrons. The van der Waals surface area contributed by atoms with Crippen LogP contribution in [0.15, 0.2) is 0 Å². The van der Waals surface area contributed by atoms with Gasteiger partial charge in [0.2, 0.25) is 0 Å². The molecule has 3 heteroatoms. The fraction of sp³-hybridized carbons (Fsp3) is 0.889. The lowest BCUT2D eigenvalue weighted by molar-refractivity contribution is -0.138. The number of fused-ring (bicyclic) bond motifs is 1. The van der Waals surface area contributed by atoms with Crippen molar-refractivity contribution in [2.75, 3.05) is 0 Å². The summed E-state index contributed by atoms with van der Waals surface area (Å²) in [6, 6.07) is 0. The summed E-state index contributed by atoms with van der Waals surface area (Å²) in [6.07, 6.45) is 3.14. The smallest absolute Gasteiger partial charge is 0.303 e. The van der Waals surface area contributed by atoms with E-state index in [0.29, 0.717) is 30.5 Å². The zero-order valence-electron chi connectivity index (χ0n) is 7.19. The van der Waals surface area contributed by atoms with Gasteiger partial charge in [-0.25, -0.2) is 0 Å². The third-order valence-electron chi connectivity index (χ3n) is 2.92. The number of aliphatic carboxylic acids is 1. The van der Waals surface area contributed by atoms with Crippen molar-refractivity contribution >= 4 is 5.97 Å². The van der Waals surface area contributed by atoms with Crippen molar-refractivity contribution in [1.29, 1.82) is 0 Å². The number of epoxide rings is 1. The Morgan fingerprint density at radius 3 is 2.92 bits per heavy atom. The SMILES string of the molecule is CC1CC(CC(=O)O)CC2OC12. The van der Waals surface area contributed by atoms with Crippen LogP contribution in [0.1, 0.15) is 26.2 Å². The zero-order valence-corrected chi connectivity index (χ0v) is 7.19. The molecule has 0 radical (unpaired) electrons. The van der Waals surface area contributed by atoms with Crippen LogP contribution in [-0.4, -0.2) is 23.3 Å². The van der Waals surface area contributed by atoms with Crippen molar-refractivity contribution in [2.24, 2.45) is 11.8 Å². The minimum Gasteiger partial charge on any atom is -0.481 e. The highest BCUT2D eigenvalue weighted by Crippen LogP contribution is 2.44. The molecule has 12 heavy (non-hydrogen) atoms. The number of hydrogen-bond acceptors (Lipinski definition) is 2.